The van der Waals surface area contributed by atoms with E-state index in [0.29, 0.717) is 11.3 Å². The molecule has 0 aliphatic heterocycles. The van der Waals surface area contributed by atoms with Gasteiger partial charge in [0.15, 0.2) is 5.89 Å². The van der Waals surface area contributed by atoms with Crippen molar-refractivity contribution in [1.29, 1.82) is 0 Å². The van der Waals surface area contributed by atoms with E-state index in [4.69, 9.17) is 4.42 Å². The second kappa shape index (κ2) is 17.1. The zero-order chi connectivity index (χ0) is 14.3. The Labute approximate surface area is 107 Å². The van der Waals surface area contributed by atoms with Crippen molar-refractivity contribution in [3.8, 4) is 0 Å². The summed E-state index contributed by atoms with van der Waals surface area (Å²) in [6.07, 6.45) is 5.72. The second-order valence-corrected chi connectivity index (χ2v) is 2.23. The minimum Gasteiger partial charge on any atom is -0.442 e. The summed E-state index contributed by atoms with van der Waals surface area (Å²) in [5, 5.41) is 0.806. The predicted octanol–water partition coefficient (Wildman–Crippen LogP) is 3.83. The van der Waals surface area contributed by atoms with E-state index in [2.05, 4.69) is 11.6 Å². The summed E-state index contributed by atoms with van der Waals surface area (Å²) in [5.41, 5.74) is 0.626. The molecule has 0 fully saturated rings. The summed E-state index contributed by atoms with van der Waals surface area (Å²) in [7, 11) is 0. The zero-order valence-corrected chi connectivity index (χ0v) is 12.8. The number of hydrogen-bond donors (Lipinski definition) is 0. The first kappa shape index (κ1) is 21.0. The molecule has 0 saturated carbocycles. The lowest BCUT2D eigenvalue weighted by Crippen LogP contribution is -2.19. The van der Waals surface area contributed by atoms with Crippen molar-refractivity contribution in [3.05, 3.63) is 28.8 Å². The Hall–Kier alpha value is -1.31. The molecular weight excluding hydrogens is 210 g/mol. The Kier molecular flexibility index (Phi) is 21.1. The molecule has 1 rings (SSSR count). The van der Waals surface area contributed by atoms with Crippen LogP contribution in [0, 0.1) is 6.92 Å². The van der Waals surface area contributed by atoms with E-state index in [9.17, 15) is 0 Å². The zero-order valence-electron chi connectivity index (χ0n) is 12.8. The summed E-state index contributed by atoms with van der Waals surface area (Å²) in [6.45, 7) is 19.5. The molecule has 1 aromatic heterocycles. The summed E-state index contributed by atoms with van der Waals surface area (Å²) in [4.78, 5) is 4.11. The molecule has 1 heterocycles. The number of aromatic nitrogens is 1. The molecule has 0 atom stereocenters. The van der Waals surface area contributed by atoms with Crippen LogP contribution in [0.5, 0.6) is 0 Å². The van der Waals surface area contributed by atoms with Crippen LogP contribution < -0.4 is 10.8 Å². The molecule has 0 spiro atoms. The van der Waals surface area contributed by atoms with Crippen LogP contribution in [-0.2, 0) is 0 Å². The van der Waals surface area contributed by atoms with Gasteiger partial charge in [0.05, 0.1) is 0 Å². The highest BCUT2D eigenvalue weighted by Crippen LogP contribution is 1.78. The van der Waals surface area contributed by atoms with E-state index in [1.54, 1.807) is 0 Å². The molecule has 0 aliphatic rings. The number of rotatable bonds is 1. The molecule has 0 aromatic carbocycles. The molecular formula is C15H29NO. The number of hydrogen-bond acceptors (Lipinski definition) is 2. The SMILES string of the molecule is C=c1oc(C)n/c1=C/C=C\C.CC.CC.CC. The average Bonchev–Trinajstić information content (AvgIpc) is 2.72. The lowest BCUT2D eigenvalue weighted by Gasteiger charge is -1.69. The summed E-state index contributed by atoms with van der Waals surface area (Å²) in [5.74, 6) is 0.658. The first-order chi connectivity index (χ1) is 8.24. The normalized spacial score (nSPS) is 9.53. The topological polar surface area (TPSA) is 26.0 Å². The Morgan fingerprint density at radius 3 is 1.82 bits per heavy atom. The highest BCUT2D eigenvalue weighted by molar-refractivity contribution is 5.33. The van der Waals surface area contributed by atoms with Gasteiger partial charge in [-0.05, 0) is 13.0 Å². The number of aryl methyl sites for hydroxylation is 1. The molecule has 1 aromatic rings. The van der Waals surface area contributed by atoms with Crippen molar-refractivity contribution in [2.45, 2.75) is 55.4 Å². The summed E-state index contributed by atoms with van der Waals surface area (Å²) in [6, 6.07) is 0. The van der Waals surface area contributed by atoms with Crippen LogP contribution >= 0.6 is 0 Å². The third-order valence-electron chi connectivity index (χ3n) is 1.28. The molecule has 0 radical (unpaired) electrons. The van der Waals surface area contributed by atoms with Gasteiger partial charge >= 0.3 is 0 Å². The van der Waals surface area contributed by atoms with Crippen molar-refractivity contribution in [3.63, 3.8) is 0 Å². The van der Waals surface area contributed by atoms with Gasteiger partial charge in [0.2, 0.25) is 0 Å². The van der Waals surface area contributed by atoms with Crippen molar-refractivity contribution in [1.82, 2.24) is 4.98 Å². The van der Waals surface area contributed by atoms with E-state index < -0.39 is 0 Å². The maximum Gasteiger partial charge on any atom is 0.192 e. The van der Waals surface area contributed by atoms with Gasteiger partial charge in [0.25, 0.3) is 0 Å². The largest absolute Gasteiger partial charge is 0.442 e. The maximum absolute atomic E-state index is 5.12. The van der Waals surface area contributed by atoms with E-state index in [-0.39, 0.29) is 0 Å². The second-order valence-electron chi connectivity index (χ2n) is 2.23. The van der Waals surface area contributed by atoms with Crippen LogP contribution in [-0.4, -0.2) is 4.98 Å². The van der Waals surface area contributed by atoms with Gasteiger partial charge in [0, 0.05) is 6.92 Å². The number of oxazole rings is 1. The highest BCUT2D eigenvalue weighted by Gasteiger charge is 1.90. The number of nitrogens with zero attached hydrogens (tertiary/aromatic N) is 1. The van der Waals surface area contributed by atoms with Crippen molar-refractivity contribution in [2.75, 3.05) is 0 Å². The molecule has 0 aliphatic carbocycles. The maximum atomic E-state index is 5.12. The molecule has 0 bridgehead atoms. The summed E-state index contributed by atoms with van der Waals surface area (Å²) < 4.78 is 5.12. The molecule has 2 heteroatoms. The molecule has 2 nitrogen and oxygen atoms in total. The fraction of sp³-hybridized carbons (Fsp3) is 0.533. The van der Waals surface area contributed by atoms with Gasteiger partial charge in [-0.2, -0.15) is 0 Å². The Bertz CT molecular complexity index is 361. The smallest absolute Gasteiger partial charge is 0.192 e. The van der Waals surface area contributed by atoms with E-state index >= 15 is 0 Å². The van der Waals surface area contributed by atoms with Crippen LogP contribution in [0.15, 0.2) is 16.6 Å². The molecule has 0 unspecified atom stereocenters. The lowest BCUT2D eigenvalue weighted by atomic mass is 10.4. The molecule has 17 heavy (non-hydrogen) atoms. The standard InChI is InChI=1S/C9H11NO.3C2H6/c1-4-5-6-9-7(2)11-8(3)10-9;3*1-2/h4-6H,2H2,1,3H3;3*1-2H3/b5-4-,9-6+;;;. The Morgan fingerprint density at radius 1 is 1.06 bits per heavy atom. The fourth-order valence-corrected chi connectivity index (χ4v) is 0.803. The van der Waals surface area contributed by atoms with Crippen LogP contribution in [0.3, 0.4) is 0 Å². The van der Waals surface area contributed by atoms with Crippen LogP contribution in [0.1, 0.15) is 54.4 Å². The molecule has 0 saturated heterocycles. The summed E-state index contributed by atoms with van der Waals surface area (Å²) >= 11 is 0. The van der Waals surface area contributed by atoms with Gasteiger partial charge in [0.1, 0.15) is 10.8 Å². The van der Waals surface area contributed by atoms with Crippen LogP contribution in [0.4, 0.5) is 0 Å². The average molecular weight is 239 g/mol. The minimum atomic E-state index is 0.626. The van der Waals surface area contributed by atoms with Crippen molar-refractivity contribution < 1.29 is 4.42 Å². The minimum absolute atomic E-state index is 0.626. The van der Waals surface area contributed by atoms with Gasteiger partial charge in [-0.1, -0.05) is 60.3 Å². The molecule has 0 N–H and O–H groups in total. The fourth-order valence-electron chi connectivity index (χ4n) is 0.803. The quantitative estimate of drug-likeness (QED) is 0.744. The van der Waals surface area contributed by atoms with Crippen molar-refractivity contribution in [2.24, 2.45) is 0 Å². The van der Waals surface area contributed by atoms with Crippen LogP contribution in [0.25, 0.3) is 12.7 Å². The third-order valence-corrected chi connectivity index (χ3v) is 1.28. The van der Waals surface area contributed by atoms with Gasteiger partial charge in [-0.3, -0.25) is 0 Å². The third kappa shape index (κ3) is 11.0. The highest BCUT2D eigenvalue weighted by atomic mass is 16.3. The molecule has 0 amide bonds. The molecule has 100 valence electrons. The van der Waals surface area contributed by atoms with Crippen LogP contribution in [0.2, 0.25) is 0 Å². The van der Waals surface area contributed by atoms with Crippen molar-refractivity contribution >= 4 is 12.7 Å². The monoisotopic (exact) mass is 239 g/mol. The number of allylic oxidation sites excluding steroid dienone is 2. The Balaban J connectivity index is -0.000000285. The van der Waals surface area contributed by atoms with Gasteiger partial charge in [-0.15, -0.1) is 0 Å². The Morgan fingerprint density at radius 2 is 1.53 bits per heavy atom. The predicted molar refractivity (Wildman–Crippen MR) is 79.3 cm³/mol. The van der Waals surface area contributed by atoms with Gasteiger partial charge < -0.3 is 4.42 Å². The first-order valence-corrected chi connectivity index (χ1v) is 6.49. The first-order valence-electron chi connectivity index (χ1n) is 6.49. The van der Waals surface area contributed by atoms with E-state index in [1.807, 2.05) is 73.6 Å². The lowest BCUT2D eigenvalue weighted by molar-refractivity contribution is 0.493. The van der Waals surface area contributed by atoms with E-state index in [1.165, 1.54) is 0 Å². The van der Waals surface area contributed by atoms with E-state index in [0.717, 1.165) is 5.35 Å². The van der Waals surface area contributed by atoms with Gasteiger partial charge in [-0.25, -0.2) is 4.98 Å².